The molecule has 6 nitrogen and oxygen atoms in total. The predicted molar refractivity (Wildman–Crippen MR) is 101 cm³/mol. The first-order valence-corrected chi connectivity index (χ1v) is 9.30. The average Bonchev–Trinajstić information content (AvgIpc) is 3.18. The summed E-state index contributed by atoms with van der Waals surface area (Å²) in [6.45, 7) is 6.08. The number of hydrogen-bond acceptors (Lipinski definition) is 3. The molecule has 1 saturated heterocycles. The Kier molecular flexibility index (Phi) is 4.49. The summed E-state index contributed by atoms with van der Waals surface area (Å²) in [4.78, 5) is 19.5. The van der Waals surface area contributed by atoms with Crippen molar-refractivity contribution in [3.63, 3.8) is 0 Å². The molecule has 3 heterocycles. The Bertz CT molecular complexity index is 925. The highest BCUT2D eigenvalue weighted by molar-refractivity contribution is 5.81. The fourth-order valence-corrected chi connectivity index (χ4v) is 3.96. The summed E-state index contributed by atoms with van der Waals surface area (Å²) in [7, 11) is 0. The zero-order valence-corrected chi connectivity index (χ0v) is 15.4. The van der Waals surface area contributed by atoms with E-state index in [1.165, 1.54) is 11.3 Å². The largest absolute Gasteiger partial charge is 0.341 e. The number of piperidine rings is 1. The van der Waals surface area contributed by atoms with Crippen LogP contribution >= 0.6 is 0 Å². The zero-order valence-electron chi connectivity index (χ0n) is 15.4. The van der Waals surface area contributed by atoms with Crippen LogP contribution < -0.4 is 0 Å². The fourth-order valence-electron chi connectivity index (χ4n) is 3.96. The molecule has 1 aliphatic heterocycles. The molecule has 1 aromatic carbocycles. The van der Waals surface area contributed by atoms with E-state index in [0.717, 1.165) is 49.2 Å². The van der Waals surface area contributed by atoms with Gasteiger partial charge in [0.15, 0.2) is 0 Å². The van der Waals surface area contributed by atoms with E-state index < -0.39 is 0 Å². The van der Waals surface area contributed by atoms with Gasteiger partial charge in [-0.05, 0) is 56.7 Å². The monoisotopic (exact) mass is 351 g/mol. The van der Waals surface area contributed by atoms with Crippen molar-refractivity contribution in [1.29, 1.82) is 0 Å². The molecule has 6 heteroatoms. The Morgan fingerprint density at radius 2 is 2.15 bits per heavy atom. The second kappa shape index (κ2) is 6.94. The summed E-state index contributed by atoms with van der Waals surface area (Å²) in [5.74, 6) is 1.57. The molecule has 3 aromatic rings. The maximum atomic E-state index is 12.9. The van der Waals surface area contributed by atoms with Gasteiger partial charge in [0.2, 0.25) is 5.91 Å². The number of aromatic nitrogens is 4. The standard InChI is InChI=1S/C20H25N5O/c1-14-11-21-23-18(14)10-16-6-5-9-24(12-16)20(26)13-25-15(2)22-17-7-3-4-8-19(17)25/h3-4,7-8,11,16H,5-6,9-10,12-13H2,1-2H3,(H,21,23). The first kappa shape index (κ1) is 16.8. The molecule has 1 aliphatic rings. The van der Waals surface area contributed by atoms with E-state index in [1.54, 1.807) is 0 Å². The van der Waals surface area contributed by atoms with Gasteiger partial charge in [0.1, 0.15) is 12.4 Å². The Morgan fingerprint density at radius 1 is 1.31 bits per heavy atom. The molecular formula is C20H25N5O. The van der Waals surface area contributed by atoms with Crippen molar-refractivity contribution < 1.29 is 4.79 Å². The number of aromatic amines is 1. The van der Waals surface area contributed by atoms with Crippen LogP contribution in [0.15, 0.2) is 30.5 Å². The highest BCUT2D eigenvalue weighted by Crippen LogP contribution is 2.22. The third-order valence-electron chi connectivity index (χ3n) is 5.44. The summed E-state index contributed by atoms with van der Waals surface area (Å²) in [6, 6.07) is 8.00. The number of carbonyl (C=O) groups excluding carboxylic acids is 1. The Morgan fingerprint density at radius 3 is 2.96 bits per heavy atom. The van der Waals surface area contributed by atoms with Crippen molar-refractivity contribution in [2.75, 3.05) is 13.1 Å². The van der Waals surface area contributed by atoms with Gasteiger partial charge in [0.05, 0.1) is 17.2 Å². The number of benzene rings is 1. The van der Waals surface area contributed by atoms with Crippen molar-refractivity contribution in [1.82, 2.24) is 24.6 Å². The van der Waals surface area contributed by atoms with E-state index in [1.807, 2.05) is 46.9 Å². The second-order valence-corrected chi connectivity index (χ2v) is 7.32. The molecule has 1 fully saturated rings. The SMILES string of the molecule is Cc1cn[nH]c1CC1CCCN(C(=O)Cn2c(C)nc3ccccc32)C1. The van der Waals surface area contributed by atoms with Gasteiger partial charge in [-0.2, -0.15) is 5.10 Å². The van der Waals surface area contributed by atoms with Crippen molar-refractivity contribution in [3.05, 3.63) is 47.5 Å². The lowest BCUT2D eigenvalue weighted by atomic mass is 9.92. The number of nitrogens with zero attached hydrogens (tertiary/aromatic N) is 4. The molecule has 4 rings (SSSR count). The molecule has 0 spiro atoms. The average molecular weight is 351 g/mol. The number of H-pyrrole nitrogens is 1. The number of fused-ring (bicyclic) bond motifs is 1. The molecular weight excluding hydrogens is 326 g/mol. The Hall–Kier alpha value is -2.63. The summed E-state index contributed by atoms with van der Waals surface area (Å²) in [5.41, 5.74) is 4.37. The number of para-hydroxylation sites is 2. The summed E-state index contributed by atoms with van der Waals surface area (Å²) >= 11 is 0. The van der Waals surface area contributed by atoms with E-state index in [-0.39, 0.29) is 5.91 Å². The minimum atomic E-state index is 0.183. The minimum Gasteiger partial charge on any atom is -0.341 e. The van der Waals surface area contributed by atoms with Gasteiger partial charge in [-0.1, -0.05) is 12.1 Å². The molecule has 0 radical (unpaired) electrons. The number of imidazole rings is 1. The lowest BCUT2D eigenvalue weighted by Gasteiger charge is -2.33. The molecule has 0 aliphatic carbocycles. The van der Waals surface area contributed by atoms with Crippen molar-refractivity contribution >= 4 is 16.9 Å². The normalized spacial score (nSPS) is 17.8. The minimum absolute atomic E-state index is 0.183. The zero-order chi connectivity index (χ0) is 18.1. The lowest BCUT2D eigenvalue weighted by molar-refractivity contribution is -0.133. The van der Waals surface area contributed by atoms with Crippen LogP contribution in [-0.4, -0.2) is 43.6 Å². The number of amides is 1. The van der Waals surface area contributed by atoms with Crippen molar-refractivity contribution in [2.24, 2.45) is 5.92 Å². The van der Waals surface area contributed by atoms with E-state index in [9.17, 15) is 4.79 Å². The first-order chi connectivity index (χ1) is 12.6. The highest BCUT2D eigenvalue weighted by Gasteiger charge is 2.25. The summed E-state index contributed by atoms with van der Waals surface area (Å²) in [6.07, 6.45) is 5.05. The smallest absolute Gasteiger partial charge is 0.242 e. The van der Waals surface area contributed by atoms with E-state index in [2.05, 4.69) is 22.1 Å². The molecule has 26 heavy (non-hydrogen) atoms. The molecule has 0 saturated carbocycles. The van der Waals surface area contributed by atoms with Crippen molar-refractivity contribution in [3.8, 4) is 0 Å². The van der Waals surface area contributed by atoms with Gasteiger partial charge in [-0.25, -0.2) is 4.98 Å². The molecule has 1 atom stereocenters. The molecule has 136 valence electrons. The number of rotatable bonds is 4. The Labute approximate surface area is 153 Å². The van der Waals surface area contributed by atoms with Gasteiger partial charge < -0.3 is 9.47 Å². The number of hydrogen-bond donors (Lipinski definition) is 1. The van der Waals surface area contributed by atoms with Crippen LogP contribution in [0.1, 0.15) is 29.9 Å². The maximum Gasteiger partial charge on any atom is 0.242 e. The molecule has 2 aromatic heterocycles. The molecule has 0 bridgehead atoms. The third-order valence-corrected chi connectivity index (χ3v) is 5.44. The van der Waals surface area contributed by atoms with Crippen LogP contribution in [0.4, 0.5) is 0 Å². The maximum absolute atomic E-state index is 12.9. The van der Waals surface area contributed by atoms with Gasteiger partial charge in [-0.3, -0.25) is 9.89 Å². The van der Waals surface area contributed by atoms with Crippen molar-refractivity contribution in [2.45, 2.75) is 39.7 Å². The predicted octanol–water partition coefficient (Wildman–Crippen LogP) is 2.86. The van der Waals surface area contributed by atoms with Crippen LogP contribution in [-0.2, 0) is 17.8 Å². The van der Waals surface area contributed by atoms with Crippen LogP contribution in [0.5, 0.6) is 0 Å². The van der Waals surface area contributed by atoms with Crippen LogP contribution in [0.2, 0.25) is 0 Å². The molecule has 1 unspecified atom stereocenters. The first-order valence-electron chi connectivity index (χ1n) is 9.30. The van der Waals surface area contributed by atoms with Crippen LogP contribution in [0.25, 0.3) is 11.0 Å². The second-order valence-electron chi connectivity index (χ2n) is 7.32. The van der Waals surface area contributed by atoms with Crippen LogP contribution in [0, 0.1) is 19.8 Å². The summed E-state index contributed by atoms with van der Waals surface area (Å²) in [5, 5.41) is 7.21. The molecule has 1 amide bonds. The fraction of sp³-hybridized carbons (Fsp3) is 0.450. The van der Waals surface area contributed by atoms with Gasteiger partial charge >= 0.3 is 0 Å². The third kappa shape index (κ3) is 3.23. The number of carbonyl (C=O) groups is 1. The van der Waals surface area contributed by atoms with Crippen LogP contribution in [0.3, 0.4) is 0 Å². The van der Waals surface area contributed by atoms with E-state index in [0.29, 0.717) is 12.5 Å². The number of aryl methyl sites for hydroxylation is 2. The molecule has 1 N–H and O–H groups in total. The number of nitrogens with one attached hydrogen (secondary N) is 1. The van der Waals surface area contributed by atoms with E-state index >= 15 is 0 Å². The van der Waals surface area contributed by atoms with E-state index in [4.69, 9.17) is 0 Å². The summed E-state index contributed by atoms with van der Waals surface area (Å²) < 4.78 is 2.03. The number of likely N-dealkylation sites (tertiary alicyclic amines) is 1. The highest BCUT2D eigenvalue weighted by atomic mass is 16.2. The van der Waals surface area contributed by atoms with Gasteiger partial charge in [-0.15, -0.1) is 0 Å². The van der Waals surface area contributed by atoms with Gasteiger partial charge in [0.25, 0.3) is 0 Å². The quantitative estimate of drug-likeness (QED) is 0.786. The lowest BCUT2D eigenvalue weighted by Crippen LogP contribution is -2.42. The topological polar surface area (TPSA) is 66.8 Å². The van der Waals surface area contributed by atoms with Gasteiger partial charge in [0, 0.05) is 18.8 Å². The Balaban J connectivity index is 1.45.